The van der Waals surface area contributed by atoms with Crippen LogP contribution in [0.4, 0.5) is 10.1 Å². The van der Waals surface area contributed by atoms with E-state index in [1.54, 1.807) is 0 Å². The van der Waals surface area contributed by atoms with Gasteiger partial charge >= 0.3 is 0 Å². The maximum atomic E-state index is 15.7. The molecule has 8 nitrogen and oxygen atoms in total. The number of likely N-dealkylation sites (N-methyl/N-ethyl adjacent to an activating group) is 1. The summed E-state index contributed by atoms with van der Waals surface area (Å²) >= 11 is 6.92. The molecule has 0 aliphatic carbocycles. The van der Waals surface area contributed by atoms with Crippen molar-refractivity contribution in [2.24, 2.45) is 4.99 Å². The van der Waals surface area contributed by atoms with Crippen LogP contribution in [0.25, 0.3) is 0 Å². The summed E-state index contributed by atoms with van der Waals surface area (Å²) in [7, 11) is 2.07. The number of β-amino-alcohol motifs (C(OH)–C–C–N with tert-alkyl or cyclic N) is 1. The molecule has 3 N–H and O–H groups in total. The van der Waals surface area contributed by atoms with Crippen molar-refractivity contribution in [2.45, 2.75) is 24.7 Å². The van der Waals surface area contributed by atoms with Crippen LogP contribution in [0.3, 0.4) is 0 Å². The van der Waals surface area contributed by atoms with Crippen molar-refractivity contribution in [3.8, 4) is 0 Å². The standard InChI is InChI=1S/C22H33ClFN7O/c1-28-11-13-30(14-12-28)22(27-19-7-9-29(10-8-19)15-16-32)20(24)17-25-21(31(22)23)26-18-5-3-2-4-6-18/h2-6,17,19,27,32H,7-16H2,1H3,(H,25,26). The molecule has 1 unspecified atom stereocenters. The number of piperazine rings is 1. The molecule has 1 aromatic carbocycles. The number of guanidine groups is 1. The molecule has 0 bridgehead atoms. The first-order chi connectivity index (χ1) is 15.5. The number of halogens is 2. The van der Waals surface area contributed by atoms with Crippen LogP contribution < -0.4 is 10.6 Å². The average molecular weight is 466 g/mol. The predicted molar refractivity (Wildman–Crippen MR) is 126 cm³/mol. The van der Waals surface area contributed by atoms with Crippen molar-refractivity contribution in [2.75, 3.05) is 64.8 Å². The van der Waals surface area contributed by atoms with E-state index < -0.39 is 11.6 Å². The average Bonchev–Trinajstić information content (AvgIpc) is 2.81. The fraction of sp³-hybridized carbons (Fsp3) is 0.591. The van der Waals surface area contributed by atoms with Crippen LogP contribution in [0.5, 0.6) is 0 Å². The zero-order valence-corrected chi connectivity index (χ0v) is 19.3. The molecule has 1 atom stereocenters. The molecule has 0 amide bonds. The molecule has 176 valence electrons. The van der Waals surface area contributed by atoms with Crippen LogP contribution in [-0.4, -0.2) is 101 Å². The summed E-state index contributed by atoms with van der Waals surface area (Å²) < 4.78 is 17.1. The Morgan fingerprint density at radius 3 is 2.47 bits per heavy atom. The number of nitrogens with zero attached hydrogens (tertiary/aromatic N) is 5. The molecular formula is C22H33ClFN7O. The van der Waals surface area contributed by atoms with Crippen LogP contribution in [0.1, 0.15) is 12.8 Å². The third-order valence-electron chi connectivity index (χ3n) is 6.50. The Morgan fingerprint density at radius 2 is 1.81 bits per heavy atom. The molecule has 3 heterocycles. The van der Waals surface area contributed by atoms with E-state index in [-0.39, 0.29) is 12.6 Å². The molecule has 32 heavy (non-hydrogen) atoms. The second kappa shape index (κ2) is 10.5. The minimum Gasteiger partial charge on any atom is -0.395 e. The van der Waals surface area contributed by atoms with Crippen LogP contribution in [-0.2, 0) is 0 Å². The number of para-hydroxylation sites is 1. The largest absolute Gasteiger partial charge is 0.395 e. The monoisotopic (exact) mass is 465 g/mol. The summed E-state index contributed by atoms with van der Waals surface area (Å²) in [5.41, 5.74) is 0.831. The van der Waals surface area contributed by atoms with Gasteiger partial charge in [-0.25, -0.2) is 13.8 Å². The van der Waals surface area contributed by atoms with Crippen molar-refractivity contribution in [3.05, 3.63) is 42.4 Å². The van der Waals surface area contributed by atoms with E-state index in [9.17, 15) is 5.11 Å². The highest BCUT2D eigenvalue weighted by molar-refractivity contribution is 6.24. The number of piperidine rings is 1. The van der Waals surface area contributed by atoms with Gasteiger partial charge in [-0.3, -0.25) is 10.2 Å². The summed E-state index contributed by atoms with van der Waals surface area (Å²) in [6.07, 6.45) is 2.98. The first-order valence-corrected chi connectivity index (χ1v) is 11.6. The number of benzene rings is 1. The highest BCUT2D eigenvalue weighted by atomic mass is 35.5. The van der Waals surface area contributed by atoms with E-state index in [0.29, 0.717) is 25.6 Å². The van der Waals surface area contributed by atoms with Gasteiger partial charge in [0.25, 0.3) is 0 Å². The SMILES string of the molecule is CN1CCN(C2(NC3CCN(CCO)CC3)C(F)=CN=C(Nc3ccccc3)N2Cl)CC1. The van der Waals surface area contributed by atoms with Crippen LogP contribution in [0.2, 0.25) is 0 Å². The van der Waals surface area contributed by atoms with Gasteiger partial charge in [-0.2, -0.15) is 0 Å². The van der Waals surface area contributed by atoms with E-state index in [1.807, 2.05) is 30.3 Å². The summed E-state index contributed by atoms with van der Waals surface area (Å²) in [6.45, 7) is 5.54. The molecule has 0 aromatic heterocycles. The van der Waals surface area contributed by atoms with Gasteiger partial charge in [0.2, 0.25) is 11.7 Å². The smallest absolute Gasteiger partial charge is 0.221 e. The minimum absolute atomic E-state index is 0.0843. The fourth-order valence-corrected chi connectivity index (χ4v) is 4.91. The predicted octanol–water partition coefficient (Wildman–Crippen LogP) is 1.68. The Labute approximate surface area is 194 Å². The van der Waals surface area contributed by atoms with Gasteiger partial charge in [0.1, 0.15) is 0 Å². The minimum atomic E-state index is -1.31. The lowest BCUT2D eigenvalue weighted by atomic mass is 10.0. The molecule has 3 aliphatic heterocycles. The Morgan fingerprint density at radius 1 is 1.12 bits per heavy atom. The number of nitrogens with one attached hydrogen (secondary N) is 2. The number of aliphatic hydroxyl groups is 1. The maximum Gasteiger partial charge on any atom is 0.221 e. The zero-order chi connectivity index (χ0) is 22.6. The van der Waals surface area contributed by atoms with E-state index in [1.165, 1.54) is 10.6 Å². The maximum absolute atomic E-state index is 15.7. The first-order valence-electron chi connectivity index (χ1n) is 11.3. The molecule has 2 saturated heterocycles. The second-order valence-corrected chi connectivity index (χ2v) is 8.99. The number of hydrogen-bond donors (Lipinski definition) is 3. The lowest BCUT2D eigenvalue weighted by Crippen LogP contribution is -2.74. The quantitative estimate of drug-likeness (QED) is 0.552. The van der Waals surface area contributed by atoms with Gasteiger partial charge in [-0.15, -0.1) is 0 Å². The van der Waals surface area contributed by atoms with Crippen LogP contribution in [0, 0.1) is 0 Å². The van der Waals surface area contributed by atoms with Crippen LogP contribution >= 0.6 is 11.8 Å². The number of aliphatic imine (C=N–C) groups is 1. The first kappa shape index (κ1) is 23.4. The molecule has 4 rings (SSSR count). The van der Waals surface area contributed by atoms with Crippen molar-refractivity contribution < 1.29 is 9.50 Å². The van der Waals surface area contributed by atoms with E-state index in [0.717, 1.165) is 44.7 Å². The van der Waals surface area contributed by atoms with Crippen LogP contribution in [0.15, 0.2) is 47.4 Å². The number of aliphatic hydroxyl groups excluding tert-OH is 1. The number of anilines is 1. The van der Waals surface area contributed by atoms with E-state index in [4.69, 9.17) is 11.8 Å². The molecular weight excluding hydrogens is 433 g/mol. The number of rotatable bonds is 6. The van der Waals surface area contributed by atoms with E-state index in [2.05, 4.69) is 37.4 Å². The Kier molecular flexibility index (Phi) is 7.65. The molecule has 2 fully saturated rings. The van der Waals surface area contributed by atoms with Crippen molar-refractivity contribution in [1.82, 2.24) is 24.4 Å². The van der Waals surface area contributed by atoms with Gasteiger partial charge in [0.15, 0.2) is 5.83 Å². The lowest BCUT2D eigenvalue weighted by molar-refractivity contribution is -0.0378. The highest BCUT2D eigenvalue weighted by Crippen LogP contribution is 2.35. The highest BCUT2D eigenvalue weighted by Gasteiger charge is 2.52. The topological polar surface area (TPSA) is 69.6 Å². The van der Waals surface area contributed by atoms with Gasteiger partial charge < -0.3 is 20.2 Å². The summed E-state index contributed by atoms with van der Waals surface area (Å²) in [5, 5.41) is 16.0. The Hall–Kier alpha value is -1.75. The van der Waals surface area contributed by atoms with Crippen molar-refractivity contribution in [1.29, 1.82) is 0 Å². The molecule has 0 radical (unpaired) electrons. The summed E-state index contributed by atoms with van der Waals surface area (Å²) in [4.78, 5) is 10.8. The van der Waals surface area contributed by atoms with Crippen molar-refractivity contribution >= 4 is 23.4 Å². The van der Waals surface area contributed by atoms with Gasteiger partial charge in [-0.05, 0) is 45.1 Å². The lowest BCUT2D eigenvalue weighted by Gasteiger charge is -2.52. The van der Waals surface area contributed by atoms with Crippen molar-refractivity contribution in [3.63, 3.8) is 0 Å². The normalized spacial score (nSPS) is 26.7. The summed E-state index contributed by atoms with van der Waals surface area (Å²) in [5.74, 6) is -1.34. The fourth-order valence-electron chi connectivity index (χ4n) is 4.59. The van der Waals surface area contributed by atoms with Gasteiger partial charge in [0, 0.05) is 56.2 Å². The number of hydrogen-bond acceptors (Lipinski definition) is 8. The molecule has 1 aromatic rings. The Balaban J connectivity index is 1.58. The summed E-state index contributed by atoms with van der Waals surface area (Å²) in [6, 6.07) is 9.71. The molecule has 10 heteroatoms. The number of likely N-dealkylation sites (tertiary alicyclic amines) is 1. The third kappa shape index (κ3) is 4.93. The molecule has 3 aliphatic rings. The third-order valence-corrected chi connectivity index (χ3v) is 6.91. The van der Waals surface area contributed by atoms with Gasteiger partial charge in [0.05, 0.1) is 12.8 Å². The van der Waals surface area contributed by atoms with Gasteiger partial charge in [-0.1, -0.05) is 18.2 Å². The molecule has 0 spiro atoms. The second-order valence-electron chi connectivity index (χ2n) is 8.65. The molecule has 0 saturated carbocycles. The zero-order valence-electron chi connectivity index (χ0n) is 18.6. The Bertz CT molecular complexity index is 810. The van der Waals surface area contributed by atoms with E-state index >= 15 is 4.39 Å².